The Labute approximate surface area is 141 Å². The quantitative estimate of drug-likeness (QED) is 0.646. The summed E-state index contributed by atoms with van der Waals surface area (Å²) in [6.07, 6.45) is 2.71. The molecule has 2 aliphatic rings. The number of nitrogens with one attached hydrogen (secondary N) is 2. The molecule has 5 nitrogen and oxygen atoms in total. The molecule has 124 valence electrons. The molecule has 2 atom stereocenters. The standard InChI is InChI=1S/C17H22N2O3S/c20-16(22-13-10-18-17(23)19-11-13)15(12-6-2-1-3-7-12)14-8-4-5-9-21-14/h1-3,6-7,13-15H,4-5,8-11H2,(H2,18,19,23). The van der Waals surface area contributed by atoms with Crippen molar-refractivity contribution in [1.29, 1.82) is 0 Å². The van der Waals surface area contributed by atoms with Crippen molar-refractivity contribution in [2.24, 2.45) is 0 Å². The third kappa shape index (κ3) is 4.20. The molecule has 0 aliphatic carbocycles. The summed E-state index contributed by atoms with van der Waals surface area (Å²) in [5.41, 5.74) is 0.955. The van der Waals surface area contributed by atoms with Gasteiger partial charge in [-0.05, 0) is 37.0 Å². The smallest absolute Gasteiger partial charge is 0.316 e. The van der Waals surface area contributed by atoms with E-state index in [0.29, 0.717) is 24.8 Å². The van der Waals surface area contributed by atoms with E-state index in [4.69, 9.17) is 21.7 Å². The Morgan fingerprint density at radius 3 is 2.61 bits per heavy atom. The molecule has 2 aliphatic heterocycles. The van der Waals surface area contributed by atoms with E-state index < -0.39 is 0 Å². The lowest BCUT2D eigenvalue weighted by molar-refractivity contribution is -0.155. The molecule has 2 saturated heterocycles. The van der Waals surface area contributed by atoms with E-state index in [9.17, 15) is 4.79 Å². The third-order valence-corrected chi connectivity index (χ3v) is 4.55. The number of esters is 1. The highest BCUT2D eigenvalue weighted by atomic mass is 32.1. The van der Waals surface area contributed by atoms with Crippen molar-refractivity contribution < 1.29 is 14.3 Å². The molecule has 0 aromatic heterocycles. The Kier molecular flexibility index (Phi) is 5.46. The van der Waals surface area contributed by atoms with Crippen molar-refractivity contribution in [2.75, 3.05) is 19.7 Å². The van der Waals surface area contributed by atoms with Gasteiger partial charge >= 0.3 is 5.97 Å². The molecular formula is C17H22N2O3S. The van der Waals surface area contributed by atoms with Gasteiger partial charge in [0.2, 0.25) is 0 Å². The van der Waals surface area contributed by atoms with Gasteiger partial charge in [-0.15, -0.1) is 0 Å². The van der Waals surface area contributed by atoms with Crippen molar-refractivity contribution in [2.45, 2.75) is 37.4 Å². The molecule has 3 rings (SSSR count). The zero-order valence-corrected chi connectivity index (χ0v) is 13.8. The largest absolute Gasteiger partial charge is 0.458 e. The number of hydrogen-bond donors (Lipinski definition) is 2. The second kappa shape index (κ2) is 7.75. The first kappa shape index (κ1) is 16.2. The molecule has 6 heteroatoms. The minimum absolute atomic E-state index is 0.107. The Balaban J connectivity index is 1.71. The van der Waals surface area contributed by atoms with Crippen LogP contribution in [0.4, 0.5) is 0 Å². The summed E-state index contributed by atoms with van der Waals surface area (Å²) in [4.78, 5) is 12.8. The third-order valence-electron chi connectivity index (χ3n) is 4.26. The molecule has 0 saturated carbocycles. The molecule has 2 fully saturated rings. The predicted octanol–water partition coefficient (Wildman–Crippen LogP) is 1.73. The highest BCUT2D eigenvalue weighted by Gasteiger charge is 2.34. The van der Waals surface area contributed by atoms with Gasteiger partial charge in [0.1, 0.15) is 12.0 Å². The lowest BCUT2D eigenvalue weighted by Gasteiger charge is -2.32. The van der Waals surface area contributed by atoms with E-state index in [1.807, 2.05) is 30.3 Å². The molecular weight excluding hydrogens is 312 g/mol. The number of rotatable bonds is 4. The summed E-state index contributed by atoms with van der Waals surface area (Å²) >= 11 is 5.02. The first-order valence-electron chi connectivity index (χ1n) is 8.13. The Bertz CT molecular complexity index is 536. The number of thiocarbonyl (C=S) groups is 1. The van der Waals surface area contributed by atoms with Gasteiger partial charge in [0.05, 0.1) is 19.2 Å². The van der Waals surface area contributed by atoms with Gasteiger partial charge in [0.25, 0.3) is 0 Å². The summed E-state index contributed by atoms with van der Waals surface area (Å²) in [5, 5.41) is 6.62. The zero-order valence-electron chi connectivity index (χ0n) is 13.0. The van der Waals surface area contributed by atoms with Crippen LogP contribution in [0, 0.1) is 0 Å². The second-order valence-electron chi connectivity index (χ2n) is 5.94. The van der Waals surface area contributed by atoms with E-state index in [1.165, 1.54) is 0 Å². The van der Waals surface area contributed by atoms with Gasteiger partial charge in [-0.3, -0.25) is 4.79 Å². The van der Waals surface area contributed by atoms with Crippen LogP contribution in [0.15, 0.2) is 30.3 Å². The number of benzene rings is 1. The second-order valence-corrected chi connectivity index (χ2v) is 6.35. The summed E-state index contributed by atoms with van der Waals surface area (Å²) < 4.78 is 11.6. The van der Waals surface area contributed by atoms with Crippen LogP contribution in [-0.4, -0.2) is 43.0 Å². The SMILES string of the molecule is O=C(OC1CNC(=S)NC1)C(c1ccccc1)C1CCCCO1. The van der Waals surface area contributed by atoms with Gasteiger partial charge in [0.15, 0.2) is 5.11 Å². The fourth-order valence-electron chi connectivity index (χ4n) is 3.06. The normalized spacial score (nSPS) is 23.5. The van der Waals surface area contributed by atoms with E-state index >= 15 is 0 Å². The summed E-state index contributed by atoms with van der Waals surface area (Å²) in [7, 11) is 0. The fraction of sp³-hybridized carbons (Fsp3) is 0.529. The molecule has 0 radical (unpaired) electrons. The molecule has 0 amide bonds. The highest BCUT2D eigenvalue weighted by Crippen LogP contribution is 2.30. The summed E-state index contributed by atoms with van der Waals surface area (Å²) in [6.45, 7) is 1.80. The van der Waals surface area contributed by atoms with Crippen LogP contribution in [0.1, 0.15) is 30.7 Å². The topological polar surface area (TPSA) is 59.6 Å². The maximum absolute atomic E-state index is 12.8. The monoisotopic (exact) mass is 334 g/mol. The Hall–Kier alpha value is -1.66. The van der Waals surface area contributed by atoms with Gasteiger partial charge in [-0.25, -0.2) is 0 Å². The lowest BCUT2D eigenvalue weighted by Crippen LogP contribution is -2.52. The fourth-order valence-corrected chi connectivity index (χ4v) is 3.23. The first-order chi connectivity index (χ1) is 11.2. The van der Waals surface area contributed by atoms with E-state index in [0.717, 1.165) is 24.8 Å². The Morgan fingerprint density at radius 1 is 1.22 bits per heavy atom. The van der Waals surface area contributed by atoms with Crippen LogP contribution >= 0.6 is 12.2 Å². The van der Waals surface area contributed by atoms with Crippen LogP contribution in [0.3, 0.4) is 0 Å². The van der Waals surface area contributed by atoms with Crippen molar-refractivity contribution in [1.82, 2.24) is 10.6 Å². The van der Waals surface area contributed by atoms with E-state index in [-0.39, 0.29) is 24.1 Å². The highest BCUT2D eigenvalue weighted by molar-refractivity contribution is 7.80. The van der Waals surface area contributed by atoms with Gasteiger partial charge in [-0.2, -0.15) is 0 Å². The number of hydrogen-bond acceptors (Lipinski definition) is 4. The van der Waals surface area contributed by atoms with Gasteiger partial charge in [-0.1, -0.05) is 30.3 Å². The molecule has 2 heterocycles. The van der Waals surface area contributed by atoms with Crippen molar-refractivity contribution >= 4 is 23.3 Å². The lowest BCUT2D eigenvalue weighted by atomic mass is 9.89. The maximum atomic E-state index is 12.8. The average Bonchev–Trinajstić information content (AvgIpc) is 2.59. The number of carbonyl (C=O) groups excluding carboxylic acids is 1. The molecule has 0 bridgehead atoms. The minimum Gasteiger partial charge on any atom is -0.458 e. The van der Waals surface area contributed by atoms with Crippen LogP contribution < -0.4 is 10.6 Å². The molecule has 23 heavy (non-hydrogen) atoms. The van der Waals surface area contributed by atoms with Crippen molar-refractivity contribution in [3.05, 3.63) is 35.9 Å². The van der Waals surface area contributed by atoms with Crippen LogP contribution in [0.25, 0.3) is 0 Å². The average molecular weight is 334 g/mol. The van der Waals surface area contributed by atoms with Crippen molar-refractivity contribution in [3.8, 4) is 0 Å². The molecule has 1 aromatic carbocycles. The minimum atomic E-state index is -0.370. The molecule has 1 aromatic rings. The number of carbonyl (C=O) groups is 1. The van der Waals surface area contributed by atoms with Gasteiger partial charge in [0, 0.05) is 6.61 Å². The predicted molar refractivity (Wildman–Crippen MR) is 91.3 cm³/mol. The van der Waals surface area contributed by atoms with E-state index in [1.54, 1.807) is 0 Å². The summed E-state index contributed by atoms with van der Waals surface area (Å²) in [5.74, 6) is -0.588. The van der Waals surface area contributed by atoms with Gasteiger partial charge < -0.3 is 20.1 Å². The Morgan fingerprint density at radius 2 is 1.96 bits per heavy atom. The first-order valence-corrected chi connectivity index (χ1v) is 8.53. The van der Waals surface area contributed by atoms with Crippen LogP contribution in [0.2, 0.25) is 0 Å². The number of ether oxygens (including phenoxy) is 2. The summed E-state index contributed by atoms with van der Waals surface area (Å²) in [6, 6.07) is 9.78. The van der Waals surface area contributed by atoms with Crippen LogP contribution in [0.5, 0.6) is 0 Å². The van der Waals surface area contributed by atoms with Crippen molar-refractivity contribution in [3.63, 3.8) is 0 Å². The molecule has 0 spiro atoms. The van der Waals surface area contributed by atoms with Crippen LogP contribution in [-0.2, 0) is 14.3 Å². The zero-order chi connectivity index (χ0) is 16.1. The molecule has 2 unspecified atom stereocenters. The van der Waals surface area contributed by atoms with E-state index in [2.05, 4.69) is 10.6 Å². The maximum Gasteiger partial charge on any atom is 0.316 e. The molecule has 2 N–H and O–H groups in total.